The van der Waals surface area contributed by atoms with Crippen molar-refractivity contribution in [2.75, 3.05) is 26.2 Å². The Bertz CT molecular complexity index is 888. The summed E-state index contributed by atoms with van der Waals surface area (Å²) in [6.45, 7) is 5.24. The van der Waals surface area contributed by atoms with Gasteiger partial charge in [-0.15, -0.1) is 0 Å². The minimum absolute atomic E-state index is 0.207. The largest absolute Gasteiger partial charge is 0.473 e. The fourth-order valence-corrected chi connectivity index (χ4v) is 3.28. The van der Waals surface area contributed by atoms with Gasteiger partial charge in [0, 0.05) is 55.9 Å². The number of piperazine rings is 1. The van der Waals surface area contributed by atoms with Crippen molar-refractivity contribution in [2.24, 2.45) is 0 Å². The molecule has 0 saturated carbocycles. The zero-order valence-corrected chi connectivity index (χ0v) is 16.9. The van der Waals surface area contributed by atoms with Crippen LogP contribution < -0.4 is 0 Å². The summed E-state index contributed by atoms with van der Waals surface area (Å²) in [5.74, 6) is -3.65. The van der Waals surface area contributed by atoms with Crippen LogP contribution in [-0.4, -0.2) is 63.1 Å². The Kier molecular flexibility index (Phi) is 8.72. The maximum absolute atomic E-state index is 11.1. The van der Waals surface area contributed by atoms with Gasteiger partial charge in [-0.1, -0.05) is 41.9 Å². The molecule has 160 valence electrons. The molecule has 0 aliphatic carbocycles. The molecule has 10 heteroatoms. The Hall–Kier alpha value is -3.01. The highest BCUT2D eigenvalue weighted by Gasteiger charge is 2.20. The number of halogens is 1. The lowest BCUT2D eigenvalue weighted by molar-refractivity contribution is -0.385. The molecule has 9 nitrogen and oxygen atoms in total. The van der Waals surface area contributed by atoms with E-state index >= 15 is 0 Å². The predicted octanol–water partition coefficient (Wildman–Crippen LogP) is 2.72. The van der Waals surface area contributed by atoms with Crippen LogP contribution in [0.5, 0.6) is 0 Å². The maximum Gasteiger partial charge on any atom is 0.414 e. The zero-order chi connectivity index (χ0) is 22.1. The lowest BCUT2D eigenvalue weighted by Gasteiger charge is -2.34. The number of aliphatic carboxylic acids is 2. The Morgan fingerprint density at radius 3 is 2.03 bits per heavy atom. The summed E-state index contributed by atoms with van der Waals surface area (Å²) >= 11 is 6.03. The minimum atomic E-state index is -1.82. The van der Waals surface area contributed by atoms with Gasteiger partial charge in [-0.05, 0) is 17.7 Å². The second-order valence-electron chi connectivity index (χ2n) is 6.68. The Morgan fingerprint density at radius 1 is 0.933 bits per heavy atom. The van der Waals surface area contributed by atoms with Crippen molar-refractivity contribution in [3.63, 3.8) is 0 Å². The lowest BCUT2D eigenvalue weighted by Crippen LogP contribution is -2.45. The third kappa shape index (κ3) is 7.43. The summed E-state index contributed by atoms with van der Waals surface area (Å²) in [6.07, 6.45) is 0. The van der Waals surface area contributed by atoms with Gasteiger partial charge in [-0.25, -0.2) is 9.59 Å². The molecule has 0 unspecified atom stereocenters. The summed E-state index contributed by atoms with van der Waals surface area (Å²) in [7, 11) is 0. The van der Waals surface area contributed by atoms with Gasteiger partial charge in [-0.2, -0.15) is 0 Å². The molecule has 1 heterocycles. The van der Waals surface area contributed by atoms with Crippen LogP contribution in [0.2, 0.25) is 5.02 Å². The van der Waals surface area contributed by atoms with Crippen LogP contribution in [-0.2, 0) is 22.7 Å². The van der Waals surface area contributed by atoms with E-state index in [0.29, 0.717) is 6.54 Å². The first-order valence-corrected chi connectivity index (χ1v) is 9.51. The number of para-hydroxylation sites is 1. The fourth-order valence-electron chi connectivity index (χ4n) is 3.06. The number of hydrogen-bond donors (Lipinski definition) is 2. The van der Waals surface area contributed by atoms with Crippen molar-refractivity contribution < 1.29 is 24.7 Å². The number of rotatable bonds is 5. The monoisotopic (exact) mass is 435 g/mol. The van der Waals surface area contributed by atoms with Gasteiger partial charge in [-0.3, -0.25) is 19.9 Å². The van der Waals surface area contributed by atoms with Crippen LogP contribution in [0.3, 0.4) is 0 Å². The van der Waals surface area contributed by atoms with E-state index in [-0.39, 0.29) is 10.6 Å². The number of carbonyl (C=O) groups is 2. The highest BCUT2D eigenvalue weighted by Crippen LogP contribution is 2.20. The first-order chi connectivity index (χ1) is 14.3. The molecule has 1 fully saturated rings. The van der Waals surface area contributed by atoms with Gasteiger partial charge in [0.05, 0.1) is 4.92 Å². The average molecular weight is 436 g/mol. The molecule has 3 rings (SSSR count). The van der Waals surface area contributed by atoms with Crippen LogP contribution in [0.4, 0.5) is 5.69 Å². The Balaban J connectivity index is 0.000000469. The van der Waals surface area contributed by atoms with Gasteiger partial charge >= 0.3 is 11.9 Å². The number of nitro benzene ring substituents is 1. The van der Waals surface area contributed by atoms with Crippen molar-refractivity contribution in [1.82, 2.24) is 9.80 Å². The van der Waals surface area contributed by atoms with Gasteiger partial charge in [0.25, 0.3) is 5.69 Å². The first kappa shape index (κ1) is 23.3. The lowest BCUT2D eigenvalue weighted by atomic mass is 10.1. The molecule has 2 N–H and O–H groups in total. The molecule has 1 aliphatic heterocycles. The van der Waals surface area contributed by atoms with Gasteiger partial charge in [0.1, 0.15) is 0 Å². The number of carboxylic acid groups (broad SMARTS) is 2. The van der Waals surface area contributed by atoms with Crippen LogP contribution in [0.25, 0.3) is 0 Å². The summed E-state index contributed by atoms with van der Waals surface area (Å²) in [4.78, 5) is 33.7. The van der Waals surface area contributed by atoms with Crippen molar-refractivity contribution in [1.29, 1.82) is 0 Å². The van der Waals surface area contributed by atoms with Crippen LogP contribution >= 0.6 is 11.6 Å². The third-order valence-corrected chi connectivity index (χ3v) is 4.76. The van der Waals surface area contributed by atoms with E-state index in [2.05, 4.69) is 15.9 Å². The van der Waals surface area contributed by atoms with Gasteiger partial charge in [0.15, 0.2) is 0 Å². The number of nitrogens with zero attached hydrogens (tertiary/aromatic N) is 3. The van der Waals surface area contributed by atoms with Crippen LogP contribution in [0.1, 0.15) is 11.1 Å². The fraction of sp³-hybridized carbons (Fsp3) is 0.300. The zero-order valence-electron chi connectivity index (χ0n) is 16.1. The van der Waals surface area contributed by atoms with E-state index in [1.165, 1.54) is 5.56 Å². The summed E-state index contributed by atoms with van der Waals surface area (Å²) in [5, 5.41) is 26.7. The molecule has 0 radical (unpaired) electrons. The van der Waals surface area contributed by atoms with E-state index in [0.717, 1.165) is 43.3 Å². The summed E-state index contributed by atoms with van der Waals surface area (Å²) in [5.41, 5.74) is 2.21. The molecule has 1 saturated heterocycles. The number of carboxylic acids is 2. The molecule has 30 heavy (non-hydrogen) atoms. The molecule has 2 aromatic rings. The third-order valence-electron chi connectivity index (χ3n) is 4.53. The number of hydrogen-bond acceptors (Lipinski definition) is 6. The van der Waals surface area contributed by atoms with E-state index in [1.54, 1.807) is 12.1 Å². The highest BCUT2D eigenvalue weighted by molar-refractivity contribution is 6.30. The van der Waals surface area contributed by atoms with Crippen molar-refractivity contribution >= 4 is 29.2 Å². The Morgan fingerprint density at radius 2 is 1.50 bits per heavy atom. The number of nitro groups is 1. The molecular formula is C20H22ClN3O6. The van der Waals surface area contributed by atoms with Crippen LogP contribution in [0.15, 0.2) is 48.5 Å². The molecule has 0 spiro atoms. The standard InChI is InChI=1S/C18H20ClN3O2.C2H2O4/c19-17-6-3-4-15(12-17)13-20-8-10-21(11-9-20)14-16-5-1-2-7-18(16)22(23)24;3-1(4)2(5)6/h1-7,12H,8-11,13-14H2;(H,3,4)(H,5,6). The molecule has 0 atom stereocenters. The smallest absolute Gasteiger partial charge is 0.414 e. The van der Waals surface area contributed by atoms with E-state index < -0.39 is 11.9 Å². The average Bonchev–Trinajstić information content (AvgIpc) is 2.70. The molecule has 1 aliphatic rings. The highest BCUT2D eigenvalue weighted by atomic mass is 35.5. The van der Waals surface area contributed by atoms with E-state index in [1.807, 2.05) is 30.3 Å². The quantitative estimate of drug-likeness (QED) is 0.417. The predicted molar refractivity (Wildman–Crippen MR) is 110 cm³/mol. The van der Waals surface area contributed by atoms with E-state index in [9.17, 15) is 10.1 Å². The summed E-state index contributed by atoms with van der Waals surface area (Å²) < 4.78 is 0. The van der Waals surface area contributed by atoms with Gasteiger partial charge < -0.3 is 10.2 Å². The van der Waals surface area contributed by atoms with Crippen LogP contribution in [0, 0.1) is 10.1 Å². The SMILES string of the molecule is O=C(O)C(=O)O.O=[N+]([O-])c1ccccc1CN1CCN(Cc2cccc(Cl)c2)CC1. The molecule has 0 bridgehead atoms. The number of benzene rings is 2. The second-order valence-corrected chi connectivity index (χ2v) is 7.11. The first-order valence-electron chi connectivity index (χ1n) is 9.14. The molecule has 0 aromatic heterocycles. The topological polar surface area (TPSA) is 124 Å². The molecule has 2 aromatic carbocycles. The minimum Gasteiger partial charge on any atom is -0.473 e. The van der Waals surface area contributed by atoms with Gasteiger partial charge in [0.2, 0.25) is 0 Å². The maximum atomic E-state index is 11.1. The van der Waals surface area contributed by atoms with Crippen molar-refractivity contribution in [3.8, 4) is 0 Å². The van der Waals surface area contributed by atoms with E-state index in [4.69, 9.17) is 31.4 Å². The van der Waals surface area contributed by atoms with Crippen molar-refractivity contribution in [2.45, 2.75) is 13.1 Å². The Labute approximate surface area is 178 Å². The molecular weight excluding hydrogens is 414 g/mol. The molecule has 0 amide bonds. The summed E-state index contributed by atoms with van der Waals surface area (Å²) in [6, 6.07) is 14.9. The van der Waals surface area contributed by atoms with Crippen molar-refractivity contribution in [3.05, 3.63) is 74.8 Å². The second kappa shape index (κ2) is 11.2. The normalized spacial score (nSPS) is 14.4.